The highest BCUT2D eigenvalue weighted by atomic mass is 127. The first kappa shape index (κ1) is 12.0. The van der Waals surface area contributed by atoms with Crippen LogP contribution < -0.4 is 4.74 Å². The molecular weight excluding hydrogens is 327 g/mol. The molecule has 3 nitrogen and oxygen atoms in total. The second-order valence-electron chi connectivity index (χ2n) is 3.36. The number of rotatable bonds is 3. The number of methoxy groups -OCH3 is 1. The molecule has 0 aliphatic heterocycles. The van der Waals surface area contributed by atoms with Gasteiger partial charge >= 0.3 is 0 Å². The summed E-state index contributed by atoms with van der Waals surface area (Å²) in [5, 5.41) is 0. The van der Waals surface area contributed by atoms with E-state index in [9.17, 15) is 0 Å². The van der Waals surface area contributed by atoms with Crippen molar-refractivity contribution in [3.05, 3.63) is 51.9 Å². The van der Waals surface area contributed by atoms with E-state index in [1.165, 1.54) is 0 Å². The van der Waals surface area contributed by atoms with Gasteiger partial charge in [-0.1, -0.05) is 0 Å². The number of ether oxygens (including phenoxy) is 1. The Morgan fingerprint density at radius 3 is 2.65 bits per heavy atom. The molecule has 0 fully saturated rings. The number of hydrogen-bond donors (Lipinski definition) is 0. The predicted octanol–water partition coefficient (Wildman–Crippen LogP) is 3.45. The van der Waals surface area contributed by atoms with E-state index in [0.29, 0.717) is 0 Å². The lowest BCUT2D eigenvalue weighted by Gasteiger charge is -1.99. The Balaban J connectivity index is 2.17. The standard InChI is InChI=1S/C13H11IN2O/c1-17-11-4-2-10(3-5-11)8-16-13-9-15-7-6-12(13)14/h2-9H,1H3. The van der Waals surface area contributed by atoms with Gasteiger partial charge < -0.3 is 4.74 Å². The molecule has 0 saturated heterocycles. The Hall–Kier alpha value is -1.43. The molecule has 0 saturated carbocycles. The molecule has 2 rings (SSSR count). The Kier molecular flexibility index (Phi) is 4.08. The van der Waals surface area contributed by atoms with Crippen molar-refractivity contribution >= 4 is 34.5 Å². The number of halogens is 1. The first-order chi connectivity index (χ1) is 8.29. The van der Waals surface area contributed by atoms with Gasteiger partial charge in [0.25, 0.3) is 0 Å². The summed E-state index contributed by atoms with van der Waals surface area (Å²) in [5.74, 6) is 0.845. The van der Waals surface area contributed by atoms with Gasteiger partial charge in [0.2, 0.25) is 0 Å². The third-order valence-corrected chi connectivity index (χ3v) is 3.13. The summed E-state index contributed by atoms with van der Waals surface area (Å²) in [5.41, 5.74) is 1.91. The molecule has 4 heteroatoms. The van der Waals surface area contributed by atoms with Crippen LogP contribution in [0.25, 0.3) is 0 Å². The van der Waals surface area contributed by atoms with Crippen LogP contribution in [0.4, 0.5) is 5.69 Å². The van der Waals surface area contributed by atoms with Crippen LogP contribution in [0.5, 0.6) is 5.75 Å². The number of nitrogens with zero attached hydrogens (tertiary/aromatic N) is 2. The summed E-state index contributed by atoms with van der Waals surface area (Å²) in [6.07, 6.45) is 5.33. The molecule has 1 heterocycles. The predicted molar refractivity (Wildman–Crippen MR) is 77.2 cm³/mol. The van der Waals surface area contributed by atoms with Gasteiger partial charge in [-0.3, -0.25) is 9.98 Å². The quantitative estimate of drug-likeness (QED) is 0.635. The molecule has 0 bridgehead atoms. The lowest BCUT2D eigenvalue weighted by molar-refractivity contribution is 0.415. The largest absolute Gasteiger partial charge is 0.497 e. The van der Waals surface area contributed by atoms with Crippen molar-refractivity contribution < 1.29 is 4.74 Å². The summed E-state index contributed by atoms with van der Waals surface area (Å²) in [6, 6.07) is 9.68. The van der Waals surface area contributed by atoms with Crippen molar-refractivity contribution in [1.29, 1.82) is 0 Å². The van der Waals surface area contributed by atoms with Gasteiger partial charge in [-0.15, -0.1) is 0 Å². The molecule has 0 radical (unpaired) electrons. The number of aliphatic imine (C=N–C) groups is 1. The highest BCUT2D eigenvalue weighted by Gasteiger charge is 1.95. The Bertz CT molecular complexity index is 523. The Morgan fingerprint density at radius 1 is 1.24 bits per heavy atom. The van der Waals surface area contributed by atoms with Crippen molar-refractivity contribution in [2.75, 3.05) is 7.11 Å². The van der Waals surface area contributed by atoms with Gasteiger partial charge in [-0.05, 0) is 58.5 Å². The van der Waals surface area contributed by atoms with Crippen LogP contribution in [-0.4, -0.2) is 18.3 Å². The van der Waals surface area contributed by atoms with E-state index in [-0.39, 0.29) is 0 Å². The van der Waals surface area contributed by atoms with Crippen molar-refractivity contribution in [1.82, 2.24) is 4.98 Å². The minimum absolute atomic E-state index is 0.845. The van der Waals surface area contributed by atoms with Crippen molar-refractivity contribution in [2.24, 2.45) is 4.99 Å². The average Bonchev–Trinajstić information content (AvgIpc) is 2.38. The van der Waals surface area contributed by atoms with Crippen LogP contribution in [0.15, 0.2) is 47.7 Å². The number of hydrogen-bond acceptors (Lipinski definition) is 3. The fourth-order valence-corrected chi connectivity index (χ4v) is 1.74. The maximum atomic E-state index is 5.10. The van der Waals surface area contributed by atoms with Crippen molar-refractivity contribution in [3.8, 4) is 5.75 Å². The molecule has 1 aromatic heterocycles. The number of aromatic nitrogens is 1. The minimum atomic E-state index is 0.845. The van der Waals surface area contributed by atoms with E-state index < -0.39 is 0 Å². The first-order valence-corrected chi connectivity index (χ1v) is 6.15. The SMILES string of the molecule is COc1ccc(C=Nc2cnccc2I)cc1. The topological polar surface area (TPSA) is 34.5 Å². The van der Waals surface area contributed by atoms with Crippen LogP contribution in [0.1, 0.15) is 5.56 Å². The molecule has 0 aliphatic rings. The van der Waals surface area contributed by atoms with Crippen LogP contribution in [0.3, 0.4) is 0 Å². The monoisotopic (exact) mass is 338 g/mol. The molecule has 0 amide bonds. The van der Waals surface area contributed by atoms with E-state index in [0.717, 1.165) is 20.6 Å². The van der Waals surface area contributed by atoms with Gasteiger partial charge in [0.05, 0.1) is 19.0 Å². The summed E-state index contributed by atoms with van der Waals surface area (Å²) >= 11 is 2.24. The fourth-order valence-electron chi connectivity index (χ4n) is 1.30. The summed E-state index contributed by atoms with van der Waals surface area (Å²) in [4.78, 5) is 8.44. The van der Waals surface area contributed by atoms with E-state index in [1.54, 1.807) is 19.5 Å². The van der Waals surface area contributed by atoms with Crippen LogP contribution in [0, 0.1) is 3.57 Å². The normalized spacial score (nSPS) is 10.7. The zero-order chi connectivity index (χ0) is 12.1. The maximum Gasteiger partial charge on any atom is 0.118 e. The van der Waals surface area contributed by atoms with Gasteiger partial charge in [-0.25, -0.2) is 0 Å². The molecule has 0 atom stereocenters. The first-order valence-electron chi connectivity index (χ1n) is 5.07. The van der Waals surface area contributed by atoms with E-state index >= 15 is 0 Å². The molecule has 17 heavy (non-hydrogen) atoms. The minimum Gasteiger partial charge on any atom is -0.497 e. The summed E-state index contributed by atoms with van der Waals surface area (Å²) in [7, 11) is 1.65. The smallest absolute Gasteiger partial charge is 0.118 e. The Morgan fingerprint density at radius 2 is 2.00 bits per heavy atom. The molecule has 0 unspecified atom stereocenters. The van der Waals surface area contributed by atoms with Gasteiger partial charge in [0, 0.05) is 16.0 Å². The highest BCUT2D eigenvalue weighted by Crippen LogP contribution is 2.19. The maximum absolute atomic E-state index is 5.10. The van der Waals surface area contributed by atoms with Crippen LogP contribution >= 0.6 is 22.6 Å². The van der Waals surface area contributed by atoms with Gasteiger partial charge in [0.1, 0.15) is 5.75 Å². The van der Waals surface area contributed by atoms with Crippen molar-refractivity contribution in [2.45, 2.75) is 0 Å². The van der Waals surface area contributed by atoms with Gasteiger partial charge in [0.15, 0.2) is 0 Å². The molecule has 86 valence electrons. The summed E-state index contributed by atoms with van der Waals surface area (Å²) < 4.78 is 6.18. The van der Waals surface area contributed by atoms with Gasteiger partial charge in [-0.2, -0.15) is 0 Å². The van der Waals surface area contributed by atoms with Crippen LogP contribution in [0.2, 0.25) is 0 Å². The zero-order valence-electron chi connectivity index (χ0n) is 9.30. The lowest BCUT2D eigenvalue weighted by Crippen LogP contribution is -1.84. The third-order valence-electron chi connectivity index (χ3n) is 2.22. The van der Waals surface area contributed by atoms with Crippen molar-refractivity contribution in [3.63, 3.8) is 0 Å². The third kappa shape index (κ3) is 3.26. The van der Waals surface area contributed by atoms with Crippen LogP contribution in [-0.2, 0) is 0 Å². The molecule has 2 aromatic rings. The second-order valence-corrected chi connectivity index (χ2v) is 4.52. The average molecular weight is 338 g/mol. The number of pyridine rings is 1. The van der Waals surface area contributed by atoms with E-state index in [1.807, 2.05) is 36.5 Å². The number of benzene rings is 1. The fraction of sp³-hybridized carbons (Fsp3) is 0.0769. The van der Waals surface area contributed by atoms with E-state index in [4.69, 9.17) is 4.74 Å². The summed E-state index contributed by atoms with van der Waals surface area (Å²) in [6.45, 7) is 0. The molecular formula is C13H11IN2O. The second kappa shape index (κ2) is 5.77. The highest BCUT2D eigenvalue weighted by molar-refractivity contribution is 14.1. The lowest BCUT2D eigenvalue weighted by atomic mass is 10.2. The molecule has 0 aliphatic carbocycles. The zero-order valence-corrected chi connectivity index (χ0v) is 11.5. The van der Waals surface area contributed by atoms with E-state index in [2.05, 4.69) is 32.6 Å². The Labute approximate surface area is 114 Å². The molecule has 1 aromatic carbocycles. The molecule has 0 N–H and O–H groups in total. The molecule has 0 spiro atoms.